The molecule has 0 aliphatic heterocycles. The van der Waals surface area contributed by atoms with Crippen molar-refractivity contribution >= 4 is 15.9 Å². The normalized spacial score (nSPS) is 9.62. The summed E-state index contributed by atoms with van der Waals surface area (Å²) >= 11 is 3.28. The maximum absolute atomic E-state index is 12.6. The Kier molecular flexibility index (Phi) is 3.91. The molecule has 1 rings (SSSR count). The van der Waals surface area contributed by atoms with Gasteiger partial charge in [0.15, 0.2) is 0 Å². The largest absolute Gasteiger partial charge is 0.246 e. The second-order valence-corrected chi connectivity index (χ2v) is 3.52. The molecule has 0 fully saturated rings. The van der Waals surface area contributed by atoms with Gasteiger partial charge in [-0.15, -0.1) is 0 Å². The van der Waals surface area contributed by atoms with Crippen LogP contribution in [0.3, 0.4) is 0 Å². The summed E-state index contributed by atoms with van der Waals surface area (Å²) in [5, 5.41) is 8.41. The van der Waals surface area contributed by atoms with Crippen molar-refractivity contribution in [3.8, 4) is 6.07 Å². The van der Waals surface area contributed by atoms with Crippen LogP contribution < -0.4 is 0 Å². The van der Waals surface area contributed by atoms with Gasteiger partial charge >= 0.3 is 0 Å². The van der Waals surface area contributed by atoms with Gasteiger partial charge in [0.25, 0.3) is 0 Å². The smallest absolute Gasteiger partial charge is 0.116 e. The molecule has 0 amide bonds. The lowest BCUT2D eigenvalue weighted by Crippen LogP contribution is -1.92. The third-order valence-electron chi connectivity index (χ3n) is 1.86. The van der Waals surface area contributed by atoms with Gasteiger partial charge in [0.05, 0.1) is 6.07 Å². The molecule has 0 heterocycles. The molecular weight excluding hydrogens is 233 g/mol. The molecular formula is C10H9BrFN. The monoisotopic (exact) mass is 241 g/mol. The van der Waals surface area contributed by atoms with Crippen molar-refractivity contribution in [2.75, 3.05) is 0 Å². The molecule has 0 aliphatic rings. The average Bonchev–Trinajstić information content (AvgIpc) is 2.15. The highest BCUT2D eigenvalue weighted by molar-refractivity contribution is 9.10. The summed E-state index contributed by atoms with van der Waals surface area (Å²) in [7, 11) is 0. The second kappa shape index (κ2) is 4.98. The highest BCUT2D eigenvalue weighted by atomic mass is 79.9. The lowest BCUT2D eigenvalue weighted by atomic mass is 10.0. The summed E-state index contributed by atoms with van der Waals surface area (Å²) in [6, 6.07) is 7.57. The third kappa shape index (κ3) is 2.53. The Bertz CT molecular complexity index is 330. The molecule has 0 aliphatic carbocycles. The first-order chi connectivity index (χ1) is 6.29. The zero-order valence-corrected chi connectivity index (χ0v) is 8.64. The standard InChI is InChI=1S/C10H9BrFN/c11-10-5-1-3-8(4-2-6-13)9(10)7-12/h1,3,5H,2,4,7H2. The first kappa shape index (κ1) is 10.2. The fourth-order valence-electron chi connectivity index (χ4n) is 1.18. The Morgan fingerprint density at radius 1 is 1.46 bits per heavy atom. The van der Waals surface area contributed by atoms with Gasteiger partial charge in [0.2, 0.25) is 0 Å². The number of aryl methyl sites for hydroxylation is 1. The molecule has 13 heavy (non-hydrogen) atoms. The minimum atomic E-state index is -0.484. The third-order valence-corrected chi connectivity index (χ3v) is 2.60. The number of nitrogens with zero attached hydrogens (tertiary/aromatic N) is 1. The summed E-state index contributed by atoms with van der Waals surface area (Å²) in [5.41, 5.74) is 1.58. The maximum atomic E-state index is 12.6. The van der Waals surface area contributed by atoms with E-state index in [2.05, 4.69) is 15.9 Å². The number of hydrogen-bond acceptors (Lipinski definition) is 1. The van der Waals surface area contributed by atoms with E-state index >= 15 is 0 Å². The molecule has 0 bridgehead atoms. The molecule has 0 unspecified atom stereocenters. The molecule has 0 saturated carbocycles. The van der Waals surface area contributed by atoms with Crippen molar-refractivity contribution in [1.82, 2.24) is 0 Å². The Morgan fingerprint density at radius 2 is 2.23 bits per heavy atom. The minimum absolute atomic E-state index is 0.434. The van der Waals surface area contributed by atoms with Crippen LogP contribution in [0.1, 0.15) is 17.5 Å². The average molecular weight is 242 g/mol. The molecule has 0 spiro atoms. The maximum Gasteiger partial charge on any atom is 0.116 e. The predicted octanol–water partition coefficient (Wildman–Crippen LogP) is 3.37. The van der Waals surface area contributed by atoms with E-state index in [1.54, 1.807) is 0 Å². The fourth-order valence-corrected chi connectivity index (χ4v) is 1.69. The zero-order valence-electron chi connectivity index (χ0n) is 7.06. The van der Waals surface area contributed by atoms with Crippen LogP contribution in [0.15, 0.2) is 22.7 Å². The van der Waals surface area contributed by atoms with Gasteiger partial charge in [-0.25, -0.2) is 4.39 Å². The van der Waals surface area contributed by atoms with E-state index < -0.39 is 6.67 Å². The van der Waals surface area contributed by atoms with Crippen molar-refractivity contribution in [2.45, 2.75) is 19.5 Å². The van der Waals surface area contributed by atoms with E-state index in [0.717, 1.165) is 10.0 Å². The second-order valence-electron chi connectivity index (χ2n) is 2.67. The summed E-state index contributed by atoms with van der Waals surface area (Å²) in [6.07, 6.45) is 1.05. The molecule has 0 radical (unpaired) electrons. The van der Waals surface area contributed by atoms with E-state index in [0.29, 0.717) is 18.4 Å². The van der Waals surface area contributed by atoms with Gasteiger partial charge in [-0.2, -0.15) is 5.26 Å². The van der Waals surface area contributed by atoms with Gasteiger partial charge in [0.1, 0.15) is 6.67 Å². The molecule has 1 aromatic rings. The summed E-state index contributed by atoms with van der Waals surface area (Å²) in [5.74, 6) is 0. The van der Waals surface area contributed by atoms with Gasteiger partial charge in [-0.05, 0) is 18.1 Å². The van der Waals surface area contributed by atoms with E-state index in [-0.39, 0.29) is 0 Å². The van der Waals surface area contributed by atoms with Crippen LogP contribution in [-0.4, -0.2) is 0 Å². The fraction of sp³-hybridized carbons (Fsp3) is 0.300. The Balaban J connectivity index is 2.93. The predicted molar refractivity (Wildman–Crippen MR) is 52.9 cm³/mol. The number of benzene rings is 1. The zero-order chi connectivity index (χ0) is 9.68. The highest BCUT2D eigenvalue weighted by Gasteiger charge is 2.05. The van der Waals surface area contributed by atoms with Crippen LogP contribution in [0.2, 0.25) is 0 Å². The van der Waals surface area contributed by atoms with E-state index in [1.807, 2.05) is 24.3 Å². The quantitative estimate of drug-likeness (QED) is 0.797. The van der Waals surface area contributed by atoms with E-state index in [9.17, 15) is 4.39 Å². The van der Waals surface area contributed by atoms with E-state index in [4.69, 9.17) is 5.26 Å². The van der Waals surface area contributed by atoms with Crippen molar-refractivity contribution in [2.24, 2.45) is 0 Å². The van der Waals surface area contributed by atoms with Crippen molar-refractivity contribution in [1.29, 1.82) is 5.26 Å². The minimum Gasteiger partial charge on any atom is -0.246 e. The number of rotatable bonds is 3. The summed E-state index contributed by atoms with van der Waals surface area (Å²) in [4.78, 5) is 0. The lowest BCUT2D eigenvalue weighted by Gasteiger charge is -2.05. The van der Waals surface area contributed by atoms with Crippen LogP contribution in [-0.2, 0) is 13.1 Å². The molecule has 1 nitrogen and oxygen atoms in total. The number of nitriles is 1. The molecule has 1 aromatic carbocycles. The van der Waals surface area contributed by atoms with Crippen LogP contribution in [0, 0.1) is 11.3 Å². The number of alkyl halides is 1. The highest BCUT2D eigenvalue weighted by Crippen LogP contribution is 2.22. The molecule has 3 heteroatoms. The molecule has 0 aromatic heterocycles. The number of halogens is 2. The first-order valence-electron chi connectivity index (χ1n) is 3.98. The van der Waals surface area contributed by atoms with Crippen LogP contribution in [0.5, 0.6) is 0 Å². The molecule has 0 saturated heterocycles. The number of hydrogen-bond donors (Lipinski definition) is 0. The SMILES string of the molecule is N#CCCc1cccc(Br)c1CF. The Labute approximate surface area is 85.3 Å². The lowest BCUT2D eigenvalue weighted by molar-refractivity contribution is 0.481. The van der Waals surface area contributed by atoms with Gasteiger partial charge < -0.3 is 0 Å². The van der Waals surface area contributed by atoms with Crippen LogP contribution in [0.4, 0.5) is 4.39 Å². The Morgan fingerprint density at radius 3 is 2.85 bits per heavy atom. The van der Waals surface area contributed by atoms with Gasteiger partial charge in [-0.3, -0.25) is 0 Å². The topological polar surface area (TPSA) is 23.8 Å². The van der Waals surface area contributed by atoms with Crippen molar-refractivity contribution in [3.05, 3.63) is 33.8 Å². The molecule has 68 valence electrons. The van der Waals surface area contributed by atoms with E-state index in [1.165, 1.54) is 0 Å². The van der Waals surface area contributed by atoms with Crippen LogP contribution in [0.25, 0.3) is 0 Å². The van der Waals surface area contributed by atoms with Gasteiger partial charge in [0, 0.05) is 16.5 Å². The Hall–Kier alpha value is -0.880. The van der Waals surface area contributed by atoms with Crippen molar-refractivity contribution < 1.29 is 4.39 Å². The summed E-state index contributed by atoms with van der Waals surface area (Å²) in [6.45, 7) is -0.484. The van der Waals surface area contributed by atoms with Crippen LogP contribution >= 0.6 is 15.9 Å². The first-order valence-corrected chi connectivity index (χ1v) is 4.78. The summed E-state index contributed by atoms with van der Waals surface area (Å²) < 4.78 is 13.3. The van der Waals surface area contributed by atoms with Gasteiger partial charge in [-0.1, -0.05) is 28.1 Å². The van der Waals surface area contributed by atoms with Crippen molar-refractivity contribution in [3.63, 3.8) is 0 Å². The molecule has 0 atom stereocenters. The molecule has 0 N–H and O–H groups in total.